The van der Waals surface area contributed by atoms with E-state index < -0.39 is 0 Å². The van der Waals surface area contributed by atoms with Crippen LogP contribution in [0.4, 0.5) is 0 Å². The zero-order valence-electron chi connectivity index (χ0n) is 12.6. The Morgan fingerprint density at radius 1 is 1.33 bits per heavy atom. The minimum absolute atomic E-state index is 0.0852. The normalized spacial score (nSPS) is 14.2. The highest BCUT2D eigenvalue weighted by molar-refractivity contribution is 7.99. The van der Waals surface area contributed by atoms with E-state index in [0.29, 0.717) is 21.0 Å². The van der Waals surface area contributed by atoms with Gasteiger partial charge in [0.2, 0.25) is 0 Å². The summed E-state index contributed by atoms with van der Waals surface area (Å²) in [5, 5.41) is 11.6. The first kappa shape index (κ1) is 16.3. The molecular weight excluding hydrogens is 382 g/mol. The standard InChI is InChI=1S/C16H14ClN3OS3/c17-14-6-5-13(24-14)12(21)9-23-16-19-18-15(20(16)10-3-4-10)8-11-2-1-7-22-11/h1-2,5-7,10H,3-4,8-9H2. The minimum atomic E-state index is 0.0852. The van der Waals surface area contributed by atoms with E-state index in [1.807, 2.05) is 0 Å². The van der Waals surface area contributed by atoms with E-state index in [2.05, 4.69) is 32.3 Å². The summed E-state index contributed by atoms with van der Waals surface area (Å²) in [5.41, 5.74) is 0. The number of halogens is 1. The highest BCUT2D eigenvalue weighted by atomic mass is 35.5. The third-order valence-electron chi connectivity index (χ3n) is 3.74. The second-order valence-corrected chi connectivity index (χ2v) is 9.26. The molecule has 0 atom stereocenters. The van der Waals surface area contributed by atoms with Crippen LogP contribution in [0.5, 0.6) is 0 Å². The molecule has 1 aliphatic rings. The molecule has 24 heavy (non-hydrogen) atoms. The summed E-state index contributed by atoms with van der Waals surface area (Å²) in [4.78, 5) is 14.2. The first-order valence-corrected chi connectivity index (χ1v) is 10.6. The molecule has 0 unspecified atom stereocenters. The van der Waals surface area contributed by atoms with Gasteiger partial charge in [-0.3, -0.25) is 4.79 Å². The van der Waals surface area contributed by atoms with Crippen molar-refractivity contribution >= 4 is 51.8 Å². The summed E-state index contributed by atoms with van der Waals surface area (Å²) in [7, 11) is 0. The van der Waals surface area contributed by atoms with Crippen molar-refractivity contribution in [3.63, 3.8) is 0 Å². The first-order valence-electron chi connectivity index (χ1n) is 7.58. The zero-order chi connectivity index (χ0) is 16.5. The van der Waals surface area contributed by atoms with Gasteiger partial charge in [0.1, 0.15) is 5.82 Å². The van der Waals surface area contributed by atoms with Crippen molar-refractivity contribution in [1.82, 2.24) is 14.8 Å². The molecule has 0 bridgehead atoms. The van der Waals surface area contributed by atoms with E-state index in [0.717, 1.165) is 30.2 Å². The molecule has 3 aromatic rings. The lowest BCUT2D eigenvalue weighted by atomic mass is 10.3. The molecule has 1 aliphatic carbocycles. The van der Waals surface area contributed by atoms with Crippen molar-refractivity contribution in [1.29, 1.82) is 0 Å². The van der Waals surface area contributed by atoms with Crippen molar-refractivity contribution in [3.05, 3.63) is 49.6 Å². The molecule has 0 amide bonds. The van der Waals surface area contributed by atoms with Crippen LogP contribution in [-0.2, 0) is 6.42 Å². The molecule has 1 fully saturated rings. The van der Waals surface area contributed by atoms with Gasteiger partial charge in [-0.05, 0) is 36.4 Å². The van der Waals surface area contributed by atoms with E-state index in [-0.39, 0.29) is 5.78 Å². The van der Waals surface area contributed by atoms with Crippen molar-refractivity contribution in [2.24, 2.45) is 0 Å². The lowest BCUT2D eigenvalue weighted by molar-refractivity contribution is 0.102. The molecule has 0 saturated heterocycles. The monoisotopic (exact) mass is 395 g/mol. The van der Waals surface area contributed by atoms with E-state index >= 15 is 0 Å². The van der Waals surface area contributed by atoms with Gasteiger partial charge in [-0.15, -0.1) is 32.9 Å². The number of thioether (sulfide) groups is 1. The zero-order valence-corrected chi connectivity index (χ0v) is 15.9. The van der Waals surface area contributed by atoms with Crippen molar-refractivity contribution in [2.45, 2.75) is 30.5 Å². The minimum Gasteiger partial charge on any atom is -0.303 e. The van der Waals surface area contributed by atoms with Gasteiger partial charge in [0.05, 0.1) is 15.0 Å². The smallest absolute Gasteiger partial charge is 0.191 e. The largest absolute Gasteiger partial charge is 0.303 e. The average Bonchev–Trinajstić information content (AvgIpc) is 2.98. The van der Waals surface area contributed by atoms with Crippen LogP contribution in [0, 0.1) is 0 Å². The van der Waals surface area contributed by atoms with Gasteiger partial charge in [0, 0.05) is 17.3 Å². The maximum absolute atomic E-state index is 12.3. The summed E-state index contributed by atoms with van der Waals surface area (Å²) < 4.78 is 2.86. The first-order chi connectivity index (χ1) is 11.7. The van der Waals surface area contributed by atoms with E-state index in [1.54, 1.807) is 23.5 Å². The van der Waals surface area contributed by atoms with Crippen LogP contribution < -0.4 is 0 Å². The Labute approximate surface area is 156 Å². The number of Topliss-reactive ketones (excluding diaryl/α,β-unsaturated/α-hetero) is 1. The van der Waals surface area contributed by atoms with Gasteiger partial charge in [-0.2, -0.15) is 0 Å². The van der Waals surface area contributed by atoms with Crippen LogP contribution >= 0.6 is 46.0 Å². The van der Waals surface area contributed by atoms with E-state index in [4.69, 9.17) is 11.6 Å². The summed E-state index contributed by atoms with van der Waals surface area (Å²) >= 11 is 10.4. The molecule has 8 heteroatoms. The fourth-order valence-electron chi connectivity index (χ4n) is 2.46. The third-order valence-corrected chi connectivity index (χ3v) is 6.83. The Hall–Kier alpha value is -1.15. The Bertz CT molecular complexity index is 852. The molecule has 0 radical (unpaired) electrons. The molecule has 4 rings (SSSR count). The number of ketones is 1. The van der Waals surface area contributed by atoms with Gasteiger partial charge in [-0.1, -0.05) is 29.4 Å². The van der Waals surface area contributed by atoms with Gasteiger partial charge in [0.15, 0.2) is 10.9 Å². The number of nitrogens with zero attached hydrogens (tertiary/aromatic N) is 3. The highest BCUT2D eigenvalue weighted by Crippen LogP contribution is 2.39. The molecule has 1 saturated carbocycles. The summed E-state index contributed by atoms with van der Waals surface area (Å²) in [6.07, 6.45) is 3.13. The van der Waals surface area contributed by atoms with Crippen molar-refractivity contribution in [3.8, 4) is 0 Å². The van der Waals surface area contributed by atoms with Crippen LogP contribution in [-0.4, -0.2) is 26.3 Å². The SMILES string of the molecule is O=C(CSc1nnc(Cc2cccs2)n1C1CC1)c1ccc(Cl)s1. The Kier molecular flexibility index (Phi) is 4.76. The predicted octanol–water partition coefficient (Wildman–Crippen LogP) is 4.96. The number of carbonyl (C=O) groups is 1. The Balaban J connectivity index is 1.49. The molecule has 3 aromatic heterocycles. The van der Waals surface area contributed by atoms with Crippen molar-refractivity contribution in [2.75, 3.05) is 5.75 Å². The van der Waals surface area contributed by atoms with Crippen molar-refractivity contribution < 1.29 is 4.79 Å². The fourth-order valence-corrected chi connectivity index (χ4v) is 5.14. The van der Waals surface area contributed by atoms with E-state index in [1.165, 1.54) is 28.0 Å². The molecule has 0 aliphatic heterocycles. The van der Waals surface area contributed by atoms with Crippen LogP contribution in [0.3, 0.4) is 0 Å². The van der Waals surface area contributed by atoms with Crippen LogP contribution in [0.15, 0.2) is 34.8 Å². The third kappa shape index (κ3) is 3.59. The maximum atomic E-state index is 12.3. The number of hydrogen-bond acceptors (Lipinski definition) is 6. The summed E-state index contributed by atoms with van der Waals surface area (Å²) in [6.45, 7) is 0. The number of thiophene rings is 2. The number of rotatable bonds is 7. The molecular formula is C16H14ClN3OS3. The van der Waals surface area contributed by atoms with Crippen LogP contribution in [0.25, 0.3) is 0 Å². The second-order valence-electron chi connectivity index (χ2n) is 5.57. The highest BCUT2D eigenvalue weighted by Gasteiger charge is 2.30. The van der Waals surface area contributed by atoms with Gasteiger partial charge < -0.3 is 4.57 Å². The predicted molar refractivity (Wildman–Crippen MR) is 99.8 cm³/mol. The lowest BCUT2D eigenvalue weighted by Gasteiger charge is -2.07. The number of hydrogen-bond donors (Lipinski definition) is 0. The average molecular weight is 396 g/mol. The van der Waals surface area contributed by atoms with Gasteiger partial charge in [0.25, 0.3) is 0 Å². The fraction of sp³-hybridized carbons (Fsp3) is 0.312. The summed E-state index contributed by atoms with van der Waals surface area (Å²) in [5.74, 6) is 1.44. The maximum Gasteiger partial charge on any atom is 0.191 e. The Morgan fingerprint density at radius 2 is 2.21 bits per heavy atom. The Morgan fingerprint density at radius 3 is 2.88 bits per heavy atom. The molecule has 0 N–H and O–H groups in total. The van der Waals surface area contributed by atoms with Crippen LogP contribution in [0.1, 0.15) is 39.3 Å². The van der Waals surface area contributed by atoms with E-state index in [9.17, 15) is 4.79 Å². The number of carbonyl (C=O) groups excluding carboxylic acids is 1. The molecule has 4 nitrogen and oxygen atoms in total. The van der Waals surface area contributed by atoms with Gasteiger partial charge >= 0.3 is 0 Å². The summed E-state index contributed by atoms with van der Waals surface area (Å²) in [6, 6.07) is 8.20. The molecule has 124 valence electrons. The molecule has 3 heterocycles. The molecule has 0 aromatic carbocycles. The topological polar surface area (TPSA) is 47.8 Å². The van der Waals surface area contributed by atoms with Gasteiger partial charge in [-0.25, -0.2) is 0 Å². The lowest BCUT2D eigenvalue weighted by Crippen LogP contribution is -2.05. The quantitative estimate of drug-likeness (QED) is 0.419. The van der Waals surface area contributed by atoms with Crippen LogP contribution in [0.2, 0.25) is 4.34 Å². The number of aromatic nitrogens is 3. The second kappa shape index (κ2) is 7.00. The molecule has 0 spiro atoms.